The fraction of sp³-hybridized carbons (Fsp3) is 0.312. The van der Waals surface area contributed by atoms with Gasteiger partial charge in [0.1, 0.15) is 0 Å². The SMILES string of the molecule is C/C=C/C=C/CN(CC1=C/[C@H](C)/C=C\[C@@H]2CN(S(=O)(=O)c3ccc(C)cc3)C\C2=C\1)S(=O)(=O)c1ccc(C)cc1. The number of benzene rings is 2. The molecule has 0 spiro atoms. The molecule has 40 heavy (non-hydrogen) atoms. The van der Waals surface area contributed by atoms with Gasteiger partial charge in [-0.05, 0) is 62.1 Å². The molecular weight excluding hydrogens is 540 g/mol. The van der Waals surface area contributed by atoms with Gasteiger partial charge in [-0.15, -0.1) is 0 Å². The maximum absolute atomic E-state index is 13.7. The maximum atomic E-state index is 13.7. The number of sulfonamides is 2. The molecule has 1 saturated heterocycles. The summed E-state index contributed by atoms with van der Waals surface area (Å²) in [7, 11) is -7.43. The van der Waals surface area contributed by atoms with Crippen LogP contribution in [-0.4, -0.2) is 51.6 Å². The van der Waals surface area contributed by atoms with E-state index in [4.69, 9.17) is 0 Å². The van der Waals surface area contributed by atoms with E-state index < -0.39 is 20.0 Å². The number of hydrogen-bond acceptors (Lipinski definition) is 4. The van der Waals surface area contributed by atoms with Crippen LogP contribution in [0.1, 0.15) is 25.0 Å². The first kappa shape index (κ1) is 29.9. The molecule has 0 amide bonds. The van der Waals surface area contributed by atoms with Crippen LogP contribution in [0.15, 0.2) is 118 Å². The van der Waals surface area contributed by atoms with Gasteiger partial charge in [-0.1, -0.05) is 90.9 Å². The normalized spacial score (nSPS) is 23.9. The quantitative estimate of drug-likeness (QED) is 0.278. The van der Waals surface area contributed by atoms with E-state index in [1.807, 2.05) is 63.3 Å². The molecule has 4 rings (SSSR count). The molecule has 1 heterocycles. The third-order valence-corrected chi connectivity index (χ3v) is 10.8. The summed E-state index contributed by atoms with van der Waals surface area (Å²) >= 11 is 0. The number of aryl methyl sites for hydroxylation is 2. The highest BCUT2D eigenvalue weighted by molar-refractivity contribution is 7.89. The monoisotopic (exact) mass is 578 g/mol. The molecule has 8 heteroatoms. The molecule has 2 aliphatic rings. The molecule has 0 aromatic heterocycles. The van der Waals surface area contributed by atoms with Crippen molar-refractivity contribution in [2.75, 3.05) is 26.2 Å². The van der Waals surface area contributed by atoms with E-state index in [1.54, 1.807) is 36.4 Å². The van der Waals surface area contributed by atoms with E-state index in [0.717, 1.165) is 22.3 Å². The van der Waals surface area contributed by atoms with Crippen molar-refractivity contribution in [1.82, 2.24) is 8.61 Å². The number of fused-ring (bicyclic) bond motifs is 1. The zero-order chi connectivity index (χ0) is 28.9. The third-order valence-electron chi connectivity index (χ3n) is 7.16. The average Bonchev–Trinajstić information content (AvgIpc) is 3.31. The Morgan fingerprint density at radius 1 is 0.900 bits per heavy atom. The standard InChI is InChI=1S/C32H38N2O4S2/c1-5-6-7-8-19-33(39(35,36)31-15-10-25(2)11-16-31)22-28-20-27(4)9-14-29-23-34(24-30(29)21-28)40(37,38)32-17-12-26(3)13-18-32/h5-18,20-21,27,29H,19,22-24H2,1-4H3/b6-5+,8-7+,14-9-,28-20+,30-21-/t27-,29-/m1/s1. The van der Waals surface area contributed by atoms with Crippen molar-refractivity contribution in [2.24, 2.45) is 11.8 Å². The van der Waals surface area contributed by atoms with Gasteiger partial charge in [0.2, 0.25) is 20.0 Å². The second-order valence-corrected chi connectivity index (χ2v) is 14.4. The van der Waals surface area contributed by atoms with Crippen molar-refractivity contribution >= 4 is 20.0 Å². The Labute approximate surface area is 239 Å². The third kappa shape index (κ3) is 6.99. The summed E-state index contributed by atoms with van der Waals surface area (Å²) in [6.07, 6.45) is 15.6. The molecule has 2 aromatic rings. The first-order chi connectivity index (χ1) is 19.0. The summed E-state index contributed by atoms with van der Waals surface area (Å²) in [5.74, 6) is 0.00108. The van der Waals surface area contributed by atoms with Gasteiger partial charge in [-0.3, -0.25) is 0 Å². The highest BCUT2D eigenvalue weighted by atomic mass is 32.2. The predicted molar refractivity (Wildman–Crippen MR) is 162 cm³/mol. The first-order valence-corrected chi connectivity index (χ1v) is 16.4. The van der Waals surface area contributed by atoms with Crippen LogP contribution in [0.2, 0.25) is 0 Å². The van der Waals surface area contributed by atoms with E-state index >= 15 is 0 Å². The molecule has 0 bridgehead atoms. The Morgan fingerprint density at radius 2 is 1.52 bits per heavy atom. The first-order valence-electron chi connectivity index (χ1n) is 13.5. The molecule has 2 atom stereocenters. The number of nitrogens with zero attached hydrogens (tertiary/aromatic N) is 2. The van der Waals surface area contributed by atoms with Crippen molar-refractivity contribution in [1.29, 1.82) is 0 Å². The highest BCUT2D eigenvalue weighted by Gasteiger charge is 2.35. The van der Waals surface area contributed by atoms with E-state index in [-0.39, 0.29) is 41.3 Å². The van der Waals surface area contributed by atoms with Crippen molar-refractivity contribution in [3.8, 4) is 0 Å². The largest absolute Gasteiger partial charge is 0.243 e. The molecule has 2 aromatic carbocycles. The van der Waals surface area contributed by atoms with E-state index in [2.05, 4.69) is 25.2 Å². The zero-order valence-corrected chi connectivity index (χ0v) is 25.2. The summed E-state index contributed by atoms with van der Waals surface area (Å²) in [5, 5.41) is 0. The zero-order valence-electron chi connectivity index (χ0n) is 23.6. The van der Waals surface area contributed by atoms with Gasteiger partial charge in [0, 0.05) is 32.1 Å². The predicted octanol–water partition coefficient (Wildman–Crippen LogP) is 5.81. The van der Waals surface area contributed by atoms with Crippen LogP contribution >= 0.6 is 0 Å². The van der Waals surface area contributed by atoms with Gasteiger partial charge in [-0.2, -0.15) is 8.61 Å². The minimum Gasteiger partial charge on any atom is -0.207 e. The van der Waals surface area contributed by atoms with Crippen LogP contribution in [0.25, 0.3) is 0 Å². The fourth-order valence-electron chi connectivity index (χ4n) is 4.87. The van der Waals surface area contributed by atoms with Gasteiger partial charge in [0.15, 0.2) is 0 Å². The average molecular weight is 579 g/mol. The van der Waals surface area contributed by atoms with Crippen molar-refractivity contribution in [3.63, 3.8) is 0 Å². The van der Waals surface area contributed by atoms with E-state index in [1.165, 1.54) is 8.61 Å². The van der Waals surface area contributed by atoms with Gasteiger partial charge >= 0.3 is 0 Å². The fourth-order valence-corrected chi connectivity index (χ4v) is 7.70. The molecule has 0 saturated carbocycles. The molecule has 0 unspecified atom stereocenters. The molecule has 6 nitrogen and oxygen atoms in total. The van der Waals surface area contributed by atoms with E-state index in [0.29, 0.717) is 6.54 Å². The van der Waals surface area contributed by atoms with Gasteiger partial charge in [0.25, 0.3) is 0 Å². The van der Waals surface area contributed by atoms with Crippen LogP contribution in [0.4, 0.5) is 0 Å². The Balaban J connectivity index is 1.65. The smallest absolute Gasteiger partial charge is 0.207 e. The van der Waals surface area contributed by atoms with Crippen LogP contribution in [-0.2, 0) is 20.0 Å². The number of hydrogen-bond donors (Lipinski definition) is 0. The van der Waals surface area contributed by atoms with Crippen molar-refractivity contribution in [2.45, 2.75) is 37.5 Å². The Morgan fingerprint density at radius 3 is 2.15 bits per heavy atom. The van der Waals surface area contributed by atoms with Crippen LogP contribution < -0.4 is 0 Å². The second-order valence-electron chi connectivity index (χ2n) is 10.5. The van der Waals surface area contributed by atoms with Crippen LogP contribution in [0, 0.1) is 25.7 Å². The molecule has 0 N–H and O–H groups in total. The second kappa shape index (κ2) is 12.6. The summed E-state index contributed by atoms with van der Waals surface area (Å²) < 4.78 is 57.3. The highest BCUT2D eigenvalue weighted by Crippen LogP contribution is 2.32. The van der Waals surface area contributed by atoms with Crippen molar-refractivity contribution in [3.05, 3.63) is 119 Å². The minimum atomic E-state index is -3.78. The summed E-state index contributed by atoms with van der Waals surface area (Å²) in [6.45, 7) is 8.82. The van der Waals surface area contributed by atoms with Crippen molar-refractivity contribution < 1.29 is 16.8 Å². The van der Waals surface area contributed by atoms with Crippen LogP contribution in [0.3, 0.4) is 0 Å². The number of allylic oxidation sites excluding steroid dienone is 5. The molecule has 1 fully saturated rings. The Hall–Kier alpha value is -3.04. The Kier molecular flexibility index (Phi) is 9.46. The summed E-state index contributed by atoms with van der Waals surface area (Å²) in [6, 6.07) is 13.8. The Bertz CT molecular complexity index is 1560. The van der Waals surface area contributed by atoms with Gasteiger partial charge < -0.3 is 0 Å². The van der Waals surface area contributed by atoms with E-state index in [9.17, 15) is 16.8 Å². The molecule has 212 valence electrons. The maximum Gasteiger partial charge on any atom is 0.243 e. The van der Waals surface area contributed by atoms with Crippen LogP contribution in [0.5, 0.6) is 0 Å². The lowest BCUT2D eigenvalue weighted by Crippen LogP contribution is -2.33. The number of rotatable bonds is 9. The lowest BCUT2D eigenvalue weighted by molar-refractivity contribution is 0.468. The molecule has 1 aliphatic carbocycles. The molecular formula is C32H38N2O4S2. The minimum absolute atomic E-state index is 0.0666. The molecule has 1 aliphatic heterocycles. The lowest BCUT2D eigenvalue weighted by Gasteiger charge is -2.23. The topological polar surface area (TPSA) is 74.8 Å². The van der Waals surface area contributed by atoms with Gasteiger partial charge in [0.05, 0.1) is 9.79 Å². The lowest BCUT2D eigenvalue weighted by atomic mass is 9.93. The summed E-state index contributed by atoms with van der Waals surface area (Å²) in [5.41, 5.74) is 3.80. The molecule has 0 radical (unpaired) electrons. The van der Waals surface area contributed by atoms with Gasteiger partial charge in [-0.25, -0.2) is 16.8 Å². The summed E-state index contributed by atoms with van der Waals surface area (Å²) in [4.78, 5) is 0.531.